The average Bonchev–Trinajstić information content (AvgIpc) is 3.27. The lowest BCUT2D eigenvalue weighted by Gasteiger charge is -2.14. The minimum atomic E-state index is -0.154. The summed E-state index contributed by atoms with van der Waals surface area (Å²) < 4.78 is 11.1. The molecule has 6 nitrogen and oxygen atoms in total. The molecule has 1 aliphatic heterocycles. The van der Waals surface area contributed by atoms with Gasteiger partial charge in [0.05, 0.1) is 17.8 Å². The molecule has 0 spiro atoms. The Morgan fingerprint density at radius 1 is 1.32 bits per heavy atom. The largest absolute Gasteiger partial charge is 0.494 e. The van der Waals surface area contributed by atoms with Crippen LogP contribution in [0.1, 0.15) is 25.5 Å². The monoisotopic (exact) mass is 416 g/mol. The number of carbonyl (C=O) groups excluding carboxylic acids is 2. The van der Waals surface area contributed by atoms with Crippen LogP contribution in [0.3, 0.4) is 0 Å². The van der Waals surface area contributed by atoms with Crippen LogP contribution in [0.25, 0.3) is 6.08 Å². The van der Waals surface area contributed by atoms with Crippen LogP contribution in [-0.2, 0) is 9.59 Å². The van der Waals surface area contributed by atoms with Gasteiger partial charge in [-0.2, -0.15) is 0 Å². The topological polar surface area (TPSA) is 71.8 Å². The molecule has 2 aromatic rings. The summed E-state index contributed by atoms with van der Waals surface area (Å²) >= 11 is 6.54. The van der Waals surface area contributed by atoms with Crippen molar-refractivity contribution in [1.82, 2.24) is 4.90 Å². The molecule has 0 saturated carbocycles. The molecule has 0 atom stereocenters. The Hall–Kier alpha value is -2.58. The molecule has 1 aromatic carbocycles. The second kappa shape index (κ2) is 9.57. The van der Waals surface area contributed by atoms with E-state index >= 15 is 0 Å². The van der Waals surface area contributed by atoms with E-state index < -0.39 is 0 Å². The summed E-state index contributed by atoms with van der Waals surface area (Å²) in [6, 6.07) is 10.7. The molecule has 2 heterocycles. The minimum Gasteiger partial charge on any atom is -0.494 e. The van der Waals surface area contributed by atoms with E-state index in [-0.39, 0.29) is 11.8 Å². The number of thioether (sulfide) groups is 1. The van der Waals surface area contributed by atoms with Crippen molar-refractivity contribution < 1.29 is 18.7 Å². The maximum atomic E-state index is 12.5. The first kappa shape index (κ1) is 20.2. The van der Waals surface area contributed by atoms with E-state index in [0.29, 0.717) is 46.7 Å². The first-order chi connectivity index (χ1) is 13.6. The predicted molar refractivity (Wildman–Crippen MR) is 114 cm³/mol. The SMILES string of the molecule is CCOc1ccc(NC(=O)CCCN2C(=O)/C(=C\c3ccco3)SC2=S)cc1. The van der Waals surface area contributed by atoms with Crippen LogP contribution in [0.2, 0.25) is 0 Å². The highest BCUT2D eigenvalue weighted by molar-refractivity contribution is 8.26. The summed E-state index contributed by atoms with van der Waals surface area (Å²) in [5, 5.41) is 2.84. The maximum Gasteiger partial charge on any atom is 0.266 e. The molecule has 0 bridgehead atoms. The standard InChI is InChI=1S/C20H20N2O4S2/c1-2-25-15-9-7-14(8-10-15)21-18(23)6-3-11-22-19(24)17(28-20(22)27)13-16-5-4-12-26-16/h4-5,7-10,12-13H,2-3,6,11H2,1H3,(H,21,23)/b17-13+. The Labute approximate surface area is 172 Å². The zero-order chi connectivity index (χ0) is 19.9. The van der Waals surface area contributed by atoms with E-state index in [1.165, 1.54) is 16.7 Å². The molecule has 1 saturated heterocycles. The maximum absolute atomic E-state index is 12.5. The molecule has 28 heavy (non-hydrogen) atoms. The first-order valence-corrected chi connectivity index (χ1v) is 10.1. The van der Waals surface area contributed by atoms with Crippen molar-refractivity contribution in [1.29, 1.82) is 0 Å². The lowest BCUT2D eigenvalue weighted by Crippen LogP contribution is -2.29. The lowest BCUT2D eigenvalue weighted by molar-refractivity contribution is -0.122. The minimum absolute atomic E-state index is 0.110. The molecular weight excluding hydrogens is 396 g/mol. The number of hydrogen-bond donors (Lipinski definition) is 1. The van der Waals surface area contributed by atoms with Crippen LogP contribution in [0.15, 0.2) is 52.0 Å². The van der Waals surface area contributed by atoms with E-state index in [0.717, 1.165) is 5.75 Å². The van der Waals surface area contributed by atoms with Crippen molar-refractivity contribution in [2.24, 2.45) is 0 Å². The fourth-order valence-corrected chi connectivity index (χ4v) is 3.91. The van der Waals surface area contributed by atoms with Gasteiger partial charge >= 0.3 is 0 Å². The Balaban J connectivity index is 1.47. The third-order valence-electron chi connectivity index (χ3n) is 3.92. The molecule has 0 radical (unpaired) electrons. The fraction of sp³-hybridized carbons (Fsp3) is 0.250. The van der Waals surface area contributed by atoms with Gasteiger partial charge in [-0.15, -0.1) is 0 Å². The number of nitrogens with zero attached hydrogens (tertiary/aromatic N) is 1. The van der Waals surface area contributed by atoms with E-state index in [9.17, 15) is 9.59 Å². The summed E-state index contributed by atoms with van der Waals surface area (Å²) in [6.45, 7) is 2.91. The smallest absolute Gasteiger partial charge is 0.266 e. The normalized spacial score (nSPS) is 15.3. The number of carbonyl (C=O) groups is 2. The molecule has 0 unspecified atom stereocenters. The zero-order valence-electron chi connectivity index (χ0n) is 15.3. The second-order valence-electron chi connectivity index (χ2n) is 5.96. The Morgan fingerprint density at radius 3 is 2.79 bits per heavy atom. The number of anilines is 1. The number of hydrogen-bond acceptors (Lipinski definition) is 6. The van der Waals surface area contributed by atoms with Crippen molar-refractivity contribution in [3.63, 3.8) is 0 Å². The second-order valence-corrected chi connectivity index (χ2v) is 7.63. The van der Waals surface area contributed by atoms with Crippen LogP contribution in [0, 0.1) is 0 Å². The van der Waals surface area contributed by atoms with Gasteiger partial charge in [-0.05, 0) is 49.7 Å². The van der Waals surface area contributed by atoms with E-state index in [1.54, 1.807) is 36.6 Å². The summed E-state index contributed by atoms with van der Waals surface area (Å²) in [5.41, 5.74) is 0.709. The zero-order valence-corrected chi connectivity index (χ0v) is 17.0. The molecule has 146 valence electrons. The highest BCUT2D eigenvalue weighted by atomic mass is 32.2. The van der Waals surface area contributed by atoms with Crippen molar-refractivity contribution in [3.8, 4) is 5.75 Å². The number of benzene rings is 1. The highest BCUT2D eigenvalue weighted by Crippen LogP contribution is 2.32. The number of rotatable bonds is 8. The number of furan rings is 1. The third kappa shape index (κ3) is 5.24. The Bertz CT molecular complexity index is 876. The molecule has 1 aromatic heterocycles. The Kier molecular flexibility index (Phi) is 6.89. The van der Waals surface area contributed by atoms with Crippen molar-refractivity contribution in [2.75, 3.05) is 18.5 Å². The quantitative estimate of drug-likeness (QED) is 0.511. The molecule has 1 N–H and O–H groups in total. The van der Waals surface area contributed by atoms with Gasteiger partial charge in [0, 0.05) is 24.7 Å². The summed E-state index contributed by atoms with van der Waals surface area (Å²) in [6.07, 6.45) is 4.04. The van der Waals surface area contributed by atoms with Gasteiger partial charge in [0.25, 0.3) is 5.91 Å². The van der Waals surface area contributed by atoms with Gasteiger partial charge in [0.2, 0.25) is 5.91 Å². The summed E-state index contributed by atoms with van der Waals surface area (Å²) in [5.74, 6) is 1.10. The summed E-state index contributed by atoms with van der Waals surface area (Å²) in [4.78, 5) is 26.7. The molecule has 2 amide bonds. The van der Waals surface area contributed by atoms with Gasteiger partial charge in [-0.3, -0.25) is 14.5 Å². The Morgan fingerprint density at radius 2 is 2.11 bits per heavy atom. The average molecular weight is 417 g/mol. The van der Waals surface area contributed by atoms with Gasteiger partial charge in [0.1, 0.15) is 15.8 Å². The predicted octanol–water partition coefficient (Wildman–Crippen LogP) is 4.30. The van der Waals surface area contributed by atoms with Crippen LogP contribution >= 0.6 is 24.0 Å². The van der Waals surface area contributed by atoms with Gasteiger partial charge in [0.15, 0.2) is 0 Å². The van der Waals surface area contributed by atoms with E-state index in [2.05, 4.69) is 5.32 Å². The van der Waals surface area contributed by atoms with Gasteiger partial charge in [-0.1, -0.05) is 24.0 Å². The van der Waals surface area contributed by atoms with Crippen molar-refractivity contribution in [3.05, 3.63) is 53.3 Å². The molecule has 3 rings (SSSR count). The number of nitrogens with one attached hydrogen (secondary N) is 1. The lowest BCUT2D eigenvalue weighted by atomic mass is 10.2. The third-order valence-corrected chi connectivity index (χ3v) is 5.30. The van der Waals surface area contributed by atoms with Gasteiger partial charge in [-0.25, -0.2) is 0 Å². The number of ether oxygens (including phenoxy) is 1. The van der Waals surface area contributed by atoms with E-state index in [4.69, 9.17) is 21.4 Å². The van der Waals surface area contributed by atoms with Crippen LogP contribution in [0.5, 0.6) is 5.75 Å². The van der Waals surface area contributed by atoms with Crippen molar-refractivity contribution >= 4 is 51.9 Å². The van der Waals surface area contributed by atoms with Crippen LogP contribution < -0.4 is 10.1 Å². The molecule has 8 heteroatoms. The van der Waals surface area contributed by atoms with E-state index in [1.807, 2.05) is 19.1 Å². The molecule has 1 aliphatic rings. The fourth-order valence-electron chi connectivity index (χ4n) is 2.62. The molecule has 0 aliphatic carbocycles. The molecular formula is C20H20N2O4S2. The van der Waals surface area contributed by atoms with Gasteiger partial charge < -0.3 is 14.5 Å². The summed E-state index contributed by atoms with van der Waals surface area (Å²) in [7, 11) is 0. The first-order valence-electron chi connectivity index (χ1n) is 8.88. The van der Waals surface area contributed by atoms with Crippen molar-refractivity contribution in [2.45, 2.75) is 19.8 Å². The van der Waals surface area contributed by atoms with Crippen LogP contribution in [0.4, 0.5) is 5.69 Å². The highest BCUT2D eigenvalue weighted by Gasteiger charge is 2.31. The number of thiocarbonyl (C=S) groups is 1. The number of amides is 2. The molecule has 1 fully saturated rings. The van der Waals surface area contributed by atoms with Crippen LogP contribution in [-0.4, -0.2) is 34.2 Å².